The van der Waals surface area contributed by atoms with E-state index >= 15 is 0 Å². The fourth-order valence-electron chi connectivity index (χ4n) is 1.43. The van der Waals surface area contributed by atoms with E-state index in [1.54, 1.807) is 0 Å². The predicted molar refractivity (Wildman–Crippen MR) is 72.9 cm³/mol. The second-order valence-electron chi connectivity index (χ2n) is 3.78. The average Bonchev–Trinajstić information content (AvgIpc) is 2.31. The molecule has 0 aliphatic rings. The Balaban J connectivity index is 2.80. The highest BCUT2D eigenvalue weighted by Gasteiger charge is 2.19. The van der Waals surface area contributed by atoms with Crippen molar-refractivity contribution in [1.82, 2.24) is 5.32 Å². The SMILES string of the molecule is CCCC(NC(=O)c1ccc(I)c(F)c1)C(=O)O. The molecule has 1 aromatic rings. The minimum atomic E-state index is -1.09. The van der Waals surface area contributed by atoms with E-state index in [2.05, 4.69) is 5.32 Å². The molecule has 0 bridgehead atoms. The van der Waals surface area contributed by atoms with Crippen LogP contribution in [0.4, 0.5) is 4.39 Å². The summed E-state index contributed by atoms with van der Waals surface area (Å²) >= 11 is 1.81. The average molecular weight is 365 g/mol. The highest BCUT2D eigenvalue weighted by Crippen LogP contribution is 2.13. The fourth-order valence-corrected chi connectivity index (χ4v) is 1.76. The largest absolute Gasteiger partial charge is 0.480 e. The maximum Gasteiger partial charge on any atom is 0.326 e. The van der Waals surface area contributed by atoms with Crippen molar-refractivity contribution in [2.24, 2.45) is 0 Å². The second-order valence-corrected chi connectivity index (χ2v) is 4.94. The van der Waals surface area contributed by atoms with Gasteiger partial charge in [0.1, 0.15) is 11.9 Å². The minimum Gasteiger partial charge on any atom is -0.480 e. The molecule has 1 unspecified atom stereocenters. The lowest BCUT2D eigenvalue weighted by Crippen LogP contribution is -2.40. The number of hydrogen-bond donors (Lipinski definition) is 2. The third-order valence-electron chi connectivity index (χ3n) is 2.36. The Hall–Kier alpha value is -1.18. The smallest absolute Gasteiger partial charge is 0.326 e. The molecule has 0 saturated heterocycles. The van der Waals surface area contributed by atoms with Crippen LogP contribution in [-0.2, 0) is 4.79 Å². The summed E-state index contributed by atoms with van der Waals surface area (Å²) in [6.07, 6.45) is 0.978. The Morgan fingerprint density at radius 1 is 1.50 bits per heavy atom. The molecule has 2 N–H and O–H groups in total. The lowest BCUT2D eigenvalue weighted by Gasteiger charge is -2.13. The topological polar surface area (TPSA) is 66.4 Å². The van der Waals surface area contributed by atoms with Crippen LogP contribution in [0.15, 0.2) is 18.2 Å². The molecule has 6 heteroatoms. The first-order valence-electron chi connectivity index (χ1n) is 5.44. The van der Waals surface area contributed by atoms with E-state index in [0.717, 1.165) is 6.07 Å². The normalized spacial score (nSPS) is 11.9. The predicted octanol–water partition coefficient (Wildman–Crippen LogP) is 2.41. The number of nitrogens with one attached hydrogen (secondary N) is 1. The zero-order chi connectivity index (χ0) is 13.7. The van der Waals surface area contributed by atoms with Gasteiger partial charge in [0.15, 0.2) is 0 Å². The molecular formula is C12H13FINO3. The Morgan fingerprint density at radius 2 is 2.17 bits per heavy atom. The third-order valence-corrected chi connectivity index (χ3v) is 3.24. The number of benzene rings is 1. The molecule has 98 valence electrons. The van der Waals surface area contributed by atoms with Gasteiger partial charge in [-0.1, -0.05) is 13.3 Å². The highest BCUT2D eigenvalue weighted by molar-refractivity contribution is 14.1. The molecule has 18 heavy (non-hydrogen) atoms. The van der Waals surface area contributed by atoms with Gasteiger partial charge in [0.05, 0.1) is 0 Å². The van der Waals surface area contributed by atoms with Crippen molar-refractivity contribution in [2.75, 3.05) is 0 Å². The summed E-state index contributed by atoms with van der Waals surface area (Å²) in [5.74, 6) is -2.16. The molecule has 1 rings (SSSR count). The van der Waals surface area contributed by atoms with E-state index in [9.17, 15) is 14.0 Å². The van der Waals surface area contributed by atoms with Crippen molar-refractivity contribution in [3.63, 3.8) is 0 Å². The van der Waals surface area contributed by atoms with Crippen LogP contribution in [0.5, 0.6) is 0 Å². The maximum absolute atomic E-state index is 13.3. The lowest BCUT2D eigenvalue weighted by atomic mass is 10.1. The van der Waals surface area contributed by atoms with Gasteiger partial charge >= 0.3 is 5.97 Å². The zero-order valence-electron chi connectivity index (χ0n) is 9.74. The fraction of sp³-hybridized carbons (Fsp3) is 0.333. The van der Waals surface area contributed by atoms with Crippen LogP contribution in [0.3, 0.4) is 0 Å². The summed E-state index contributed by atoms with van der Waals surface area (Å²) in [6.45, 7) is 1.83. The standard InChI is InChI=1S/C12H13FINO3/c1-2-3-10(12(17)18)15-11(16)7-4-5-9(14)8(13)6-7/h4-6,10H,2-3H2,1H3,(H,15,16)(H,17,18). The van der Waals surface area contributed by atoms with Gasteiger partial charge in [0.2, 0.25) is 0 Å². The van der Waals surface area contributed by atoms with Crippen molar-refractivity contribution in [3.05, 3.63) is 33.1 Å². The maximum atomic E-state index is 13.3. The first-order valence-corrected chi connectivity index (χ1v) is 6.52. The van der Waals surface area contributed by atoms with Gasteiger partial charge in [-0.05, 0) is 47.2 Å². The molecule has 0 radical (unpaired) electrons. The Morgan fingerprint density at radius 3 is 2.67 bits per heavy atom. The lowest BCUT2D eigenvalue weighted by molar-refractivity contribution is -0.139. The Bertz CT molecular complexity index is 465. The van der Waals surface area contributed by atoms with Gasteiger partial charge in [-0.15, -0.1) is 0 Å². The van der Waals surface area contributed by atoms with E-state index in [0.29, 0.717) is 16.4 Å². The summed E-state index contributed by atoms with van der Waals surface area (Å²) in [5.41, 5.74) is 0.121. The summed E-state index contributed by atoms with van der Waals surface area (Å²) in [7, 11) is 0. The van der Waals surface area contributed by atoms with Crippen LogP contribution in [0.1, 0.15) is 30.1 Å². The van der Waals surface area contributed by atoms with Crippen molar-refractivity contribution >= 4 is 34.5 Å². The van der Waals surface area contributed by atoms with E-state index in [1.165, 1.54) is 12.1 Å². The number of rotatable bonds is 5. The number of carbonyl (C=O) groups is 2. The second kappa shape index (κ2) is 6.67. The summed E-state index contributed by atoms with van der Waals surface area (Å²) in [5, 5.41) is 11.3. The first kappa shape index (κ1) is 14.9. The number of halogens is 2. The molecule has 0 heterocycles. The summed E-state index contributed by atoms with van der Waals surface area (Å²) in [4.78, 5) is 22.6. The summed E-state index contributed by atoms with van der Waals surface area (Å²) < 4.78 is 13.7. The molecule has 0 aliphatic carbocycles. The molecule has 4 nitrogen and oxygen atoms in total. The molecule has 0 fully saturated rings. The van der Waals surface area contributed by atoms with E-state index in [1.807, 2.05) is 29.5 Å². The van der Waals surface area contributed by atoms with Crippen LogP contribution in [0.25, 0.3) is 0 Å². The highest BCUT2D eigenvalue weighted by atomic mass is 127. The molecule has 1 atom stereocenters. The number of carboxylic acids is 1. The number of aliphatic carboxylic acids is 1. The summed E-state index contributed by atoms with van der Waals surface area (Å²) in [6, 6.07) is 3.10. The quantitative estimate of drug-likeness (QED) is 0.788. The molecular weight excluding hydrogens is 352 g/mol. The van der Waals surface area contributed by atoms with Crippen LogP contribution in [0, 0.1) is 9.39 Å². The van der Waals surface area contributed by atoms with E-state index in [4.69, 9.17) is 5.11 Å². The van der Waals surface area contributed by atoms with Crippen molar-refractivity contribution in [3.8, 4) is 0 Å². The van der Waals surface area contributed by atoms with Crippen LogP contribution in [-0.4, -0.2) is 23.0 Å². The molecule has 0 aliphatic heterocycles. The van der Waals surface area contributed by atoms with E-state index < -0.39 is 23.7 Å². The van der Waals surface area contributed by atoms with Gasteiger partial charge in [-0.25, -0.2) is 9.18 Å². The van der Waals surface area contributed by atoms with Crippen molar-refractivity contribution in [2.45, 2.75) is 25.8 Å². The molecule has 0 saturated carbocycles. The van der Waals surface area contributed by atoms with Crippen LogP contribution in [0.2, 0.25) is 0 Å². The number of amides is 1. The van der Waals surface area contributed by atoms with Gasteiger partial charge in [0.25, 0.3) is 5.91 Å². The van der Waals surface area contributed by atoms with E-state index in [-0.39, 0.29) is 5.56 Å². The first-order chi connectivity index (χ1) is 8.45. The number of carbonyl (C=O) groups excluding carboxylic acids is 1. The van der Waals surface area contributed by atoms with Gasteiger partial charge in [0, 0.05) is 9.13 Å². The van der Waals surface area contributed by atoms with Gasteiger partial charge in [-0.2, -0.15) is 0 Å². The minimum absolute atomic E-state index is 0.121. The van der Waals surface area contributed by atoms with Crippen molar-refractivity contribution in [1.29, 1.82) is 0 Å². The van der Waals surface area contributed by atoms with Crippen molar-refractivity contribution < 1.29 is 19.1 Å². The Kier molecular flexibility index (Phi) is 5.52. The molecule has 1 aromatic carbocycles. The Labute approximate surface area is 118 Å². The molecule has 1 amide bonds. The number of carboxylic acid groups (broad SMARTS) is 1. The zero-order valence-corrected chi connectivity index (χ0v) is 11.9. The number of hydrogen-bond acceptors (Lipinski definition) is 2. The van der Waals surface area contributed by atoms with Crippen LogP contribution < -0.4 is 5.32 Å². The van der Waals surface area contributed by atoms with Crippen LogP contribution >= 0.6 is 22.6 Å². The van der Waals surface area contributed by atoms with Gasteiger partial charge < -0.3 is 10.4 Å². The van der Waals surface area contributed by atoms with Gasteiger partial charge in [-0.3, -0.25) is 4.79 Å². The molecule has 0 aromatic heterocycles. The third kappa shape index (κ3) is 3.94. The molecule has 0 spiro atoms. The monoisotopic (exact) mass is 365 g/mol.